The van der Waals surface area contributed by atoms with E-state index >= 15 is 0 Å². The van der Waals surface area contributed by atoms with Crippen molar-refractivity contribution >= 4 is 5.91 Å². The first-order valence-corrected chi connectivity index (χ1v) is 12.4. The SMILES string of the molecule is CC[C@@H](c1cc(F)cc(F)c1)n1c(-c2ccn(C)n2)nc(=O)c(C(=O)N2CCC(c3cc(F)ccn3)C2)c1O. The molecule has 1 aromatic carbocycles. The minimum absolute atomic E-state index is 0.0607. The van der Waals surface area contributed by atoms with E-state index in [-0.39, 0.29) is 42.5 Å². The van der Waals surface area contributed by atoms with Crippen LogP contribution in [0, 0.1) is 17.5 Å². The zero-order valence-electron chi connectivity index (χ0n) is 21.2. The van der Waals surface area contributed by atoms with Crippen LogP contribution in [0.2, 0.25) is 0 Å². The fourth-order valence-corrected chi connectivity index (χ4v) is 5.04. The highest BCUT2D eigenvalue weighted by Crippen LogP contribution is 2.34. The van der Waals surface area contributed by atoms with Gasteiger partial charge in [-0.15, -0.1) is 0 Å². The standard InChI is InChI=1S/C27H25F3N6O3/c1-3-22(16-10-18(29)12-19(30)11-16)36-24(20-6-8-34(2)33-20)32-25(37)23(27(36)39)26(38)35-9-5-15(14-35)21-13-17(28)4-7-31-21/h4,6-8,10-13,15,22,39H,3,5,9,14H2,1-2H3/t15?,22-/m0/s1. The van der Waals surface area contributed by atoms with E-state index in [4.69, 9.17) is 0 Å². The first-order valence-electron chi connectivity index (χ1n) is 12.4. The van der Waals surface area contributed by atoms with E-state index in [2.05, 4.69) is 15.1 Å². The van der Waals surface area contributed by atoms with Crippen molar-refractivity contribution in [2.75, 3.05) is 13.1 Å². The van der Waals surface area contributed by atoms with Crippen LogP contribution < -0.4 is 5.56 Å². The molecule has 12 heteroatoms. The Morgan fingerprint density at radius 3 is 2.51 bits per heavy atom. The van der Waals surface area contributed by atoms with Crippen molar-refractivity contribution in [1.82, 2.24) is 29.2 Å². The van der Waals surface area contributed by atoms with Crippen LogP contribution >= 0.6 is 0 Å². The number of amides is 1. The Morgan fingerprint density at radius 2 is 1.87 bits per heavy atom. The number of hydrogen-bond acceptors (Lipinski definition) is 6. The lowest BCUT2D eigenvalue weighted by molar-refractivity contribution is 0.0783. The van der Waals surface area contributed by atoms with E-state index in [0.717, 1.165) is 18.2 Å². The number of carbonyl (C=O) groups excluding carboxylic acids is 1. The molecule has 0 radical (unpaired) electrons. The quantitative estimate of drug-likeness (QED) is 0.401. The van der Waals surface area contributed by atoms with Crippen LogP contribution in [-0.2, 0) is 7.05 Å². The summed E-state index contributed by atoms with van der Waals surface area (Å²) in [5.74, 6) is -3.85. The van der Waals surface area contributed by atoms with Crippen molar-refractivity contribution in [3.8, 4) is 17.4 Å². The van der Waals surface area contributed by atoms with Gasteiger partial charge < -0.3 is 10.0 Å². The van der Waals surface area contributed by atoms with Gasteiger partial charge in [0.1, 0.15) is 23.1 Å². The fourth-order valence-electron chi connectivity index (χ4n) is 5.04. The van der Waals surface area contributed by atoms with Crippen molar-refractivity contribution in [1.29, 1.82) is 0 Å². The van der Waals surface area contributed by atoms with Gasteiger partial charge in [-0.2, -0.15) is 10.1 Å². The lowest BCUT2D eigenvalue weighted by atomic mass is 10.0. The minimum Gasteiger partial charge on any atom is -0.494 e. The average Bonchev–Trinajstić information content (AvgIpc) is 3.55. The number of carbonyl (C=O) groups is 1. The summed E-state index contributed by atoms with van der Waals surface area (Å²) < 4.78 is 44.7. The molecule has 0 saturated carbocycles. The number of benzene rings is 1. The molecule has 0 spiro atoms. The minimum atomic E-state index is -0.970. The van der Waals surface area contributed by atoms with E-state index in [0.29, 0.717) is 12.1 Å². The number of aromatic nitrogens is 5. The lowest BCUT2D eigenvalue weighted by Gasteiger charge is -2.25. The maximum absolute atomic E-state index is 14.2. The topological polar surface area (TPSA) is 106 Å². The zero-order chi connectivity index (χ0) is 27.8. The van der Waals surface area contributed by atoms with E-state index in [1.54, 1.807) is 26.2 Å². The summed E-state index contributed by atoms with van der Waals surface area (Å²) in [5, 5.41) is 15.7. The number of pyridine rings is 1. The highest BCUT2D eigenvalue weighted by atomic mass is 19.1. The van der Waals surface area contributed by atoms with Gasteiger partial charge in [-0.3, -0.25) is 23.8 Å². The van der Waals surface area contributed by atoms with Crippen molar-refractivity contribution < 1.29 is 23.1 Å². The highest BCUT2D eigenvalue weighted by molar-refractivity contribution is 5.96. The van der Waals surface area contributed by atoms with Gasteiger partial charge in [-0.05, 0) is 48.7 Å². The molecule has 0 aliphatic carbocycles. The smallest absolute Gasteiger partial charge is 0.290 e. The molecule has 202 valence electrons. The summed E-state index contributed by atoms with van der Waals surface area (Å²) in [6, 6.07) is 6.17. The third-order valence-electron chi connectivity index (χ3n) is 6.86. The highest BCUT2D eigenvalue weighted by Gasteiger charge is 2.35. The van der Waals surface area contributed by atoms with Crippen LogP contribution in [0.1, 0.15) is 53.3 Å². The van der Waals surface area contributed by atoms with E-state index < -0.39 is 46.4 Å². The molecular formula is C27H25F3N6O3. The summed E-state index contributed by atoms with van der Waals surface area (Å²) in [7, 11) is 1.65. The van der Waals surface area contributed by atoms with Crippen LogP contribution in [0.15, 0.2) is 53.6 Å². The number of halogens is 3. The molecule has 1 saturated heterocycles. The van der Waals surface area contributed by atoms with Gasteiger partial charge in [0.15, 0.2) is 11.4 Å². The Kier molecular flexibility index (Phi) is 6.94. The maximum atomic E-state index is 14.2. The van der Waals surface area contributed by atoms with Gasteiger partial charge in [0.05, 0.1) is 6.04 Å². The van der Waals surface area contributed by atoms with Crippen LogP contribution in [0.3, 0.4) is 0 Å². The average molecular weight is 539 g/mol. The van der Waals surface area contributed by atoms with E-state index in [1.807, 2.05) is 0 Å². The second-order valence-electron chi connectivity index (χ2n) is 9.45. The molecule has 4 aromatic rings. The third-order valence-corrected chi connectivity index (χ3v) is 6.86. The first-order chi connectivity index (χ1) is 18.7. The Bertz CT molecular complexity index is 1600. The molecule has 2 atom stereocenters. The summed E-state index contributed by atoms with van der Waals surface area (Å²) in [6.45, 7) is 2.13. The predicted molar refractivity (Wildman–Crippen MR) is 135 cm³/mol. The number of aromatic hydroxyl groups is 1. The van der Waals surface area contributed by atoms with Gasteiger partial charge in [-0.25, -0.2) is 13.2 Å². The molecule has 5 rings (SSSR count). The van der Waals surface area contributed by atoms with Crippen LogP contribution in [-0.4, -0.2) is 53.3 Å². The Hall–Kier alpha value is -4.48. The van der Waals surface area contributed by atoms with Crippen LogP contribution in [0.4, 0.5) is 13.2 Å². The van der Waals surface area contributed by atoms with Crippen molar-refractivity contribution in [2.24, 2.45) is 7.05 Å². The first kappa shape index (κ1) is 26.1. The summed E-state index contributed by atoms with van der Waals surface area (Å²) in [5.41, 5.74) is -0.669. The molecule has 1 fully saturated rings. The van der Waals surface area contributed by atoms with Crippen LogP contribution in [0.5, 0.6) is 5.88 Å². The molecule has 39 heavy (non-hydrogen) atoms. The predicted octanol–water partition coefficient (Wildman–Crippen LogP) is 3.79. The summed E-state index contributed by atoms with van der Waals surface area (Å²) in [4.78, 5) is 36.4. The molecule has 3 aromatic heterocycles. The van der Waals surface area contributed by atoms with E-state index in [9.17, 15) is 27.9 Å². The molecule has 1 unspecified atom stereocenters. The Labute approximate surface area is 221 Å². The fraction of sp³-hybridized carbons (Fsp3) is 0.296. The largest absolute Gasteiger partial charge is 0.494 e. The molecule has 1 aliphatic rings. The molecule has 1 amide bonds. The second-order valence-corrected chi connectivity index (χ2v) is 9.45. The van der Waals surface area contributed by atoms with Crippen LogP contribution in [0.25, 0.3) is 11.5 Å². The normalized spacial score (nSPS) is 16.0. The number of aryl methyl sites for hydroxylation is 1. The monoisotopic (exact) mass is 538 g/mol. The van der Waals surface area contributed by atoms with Gasteiger partial charge >= 0.3 is 0 Å². The molecule has 4 heterocycles. The zero-order valence-corrected chi connectivity index (χ0v) is 21.2. The number of likely N-dealkylation sites (tertiary alicyclic amines) is 1. The van der Waals surface area contributed by atoms with Gasteiger partial charge in [0.2, 0.25) is 5.88 Å². The molecule has 1 aliphatic heterocycles. The van der Waals surface area contributed by atoms with Crippen molar-refractivity contribution in [3.05, 3.63) is 93.4 Å². The van der Waals surface area contributed by atoms with E-state index in [1.165, 1.54) is 32.5 Å². The molecular weight excluding hydrogens is 513 g/mol. The second kappa shape index (κ2) is 10.4. The maximum Gasteiger partial charge on any atom is 0.290 e. The van der Waals surface area contributed by atoms with Gasteiger partial charge in [0.25, 0.3) is 11.5 Å². The van der Waals surface area contributed by atoms with Gasteiger partial charge in [0, 0.05) is 50.2 Å². The number of nitrogens with zero attached hydrogens (tertiary/aromatic N) is 6. The lowest BCUT2D eigenvalue weighted by Crippen LogP contribution is -2.35. The third kappa shape index (κ3) is 5.01. The molecule has 1 N–H and O–H groups in total. The number of hydrogen-bond donors (Lipinski definition) is 1. The van der Waals surface area contributed by atoms with Gasteiger partial charge in [-0.1, -0.05) is 6.92 Å². The van der Waals surface area contributed by atoms with Crippen molar-refractivity contribution in [2.45, 2.75) is 31.7 Å². The summed E-state index contributed by atoms with van der Waals surface area (Å²) in [6.07, 6.45) is 3.66. The number of rotatable bonds is 6. The molecule has 9 nitrogen and oxygen atoms in total. The molecule has 0 bridgehead atoms. The van der Waals surface area contributed by atoms with Crippen molar-refractivity contribution in [3.63, 3.8) is 0 Å². The summed E-state index contributed by atoms with van der Waals surface area (Å²) >= 11 is 0. The Morgan fingerprint density at radius 1 is 1.13 bits per heavy atom. The Balaban J connectivity index is 1.61.